The van der Waals surface area contributed by atoms with Crippen molar-refractivity contribution in [2.45, 2.75) is 10.8 Å². The zero-order valence-electron chi connectivity index (χ0n) is 36.5. The monoisotopic (exact) mass is 851 g/mol. The van der Waals surface area contributed by atoms with Crippen molar-refractivity contribution in [2.24, 2.45) is 0 Å². The Morgan fingerprint density at radius 3 is 1.22 bits per heavy atom. The molecule has 3 nitrogen and oxygen atoms in total. The van der Waals surface area contributed by atoms with Crippen molar-refractivity contribution < 1.29 is 0 Å². The van der Waals surface area contributed by atoms with Gasteiger partial charge in [-0.1, -0.05) is 188 Å². The third-order valence-electron chi connectivity index (χ3n) is 14.1. The molecule has 0 radical (unpaired) electrons. The number of benzene rings is 10. The van der Waals surface area contributed by atoms with Gasteiger partial charge in [-0.25, -0.2) is 0 Å². The molecule has 0 saturated carbocycles. The van der Waals surface area contributed by atoms with Gasteiger partial charge >= 0.3 is 0 Å². The molecule has 0 saturated heterocycles. The molecule has 312 valence electrons. The van der Waals surface area contributed by atoms with Gasteiger partial charge in [0.25, 0.3) is 0 Å². The van der Waals surface area contributed by atoms with Crippen LogP contribution in [0.15, 0.2) is 249 Å². The second kappa shape index (κ2) is 15.9. The zero-order chi connectivity index (χ0) is 45.0. The van der Waals surface area contributed by atoms with Crippen LogP contribution in [-0.4, -0.2) is 0 Å². The minimum Gasteiger partial charge on any atom is -0.310 e. The Labute approximate surface area is 391 Å². The highest BCUT2D eigenvalue weighted by Gasteiger charge is 2.48. The van der Waals surface area contributed by atoms with Crippen LogP contribution in [0.25, 0.3) is 33.4 Å². The van der Waals surface area contributed by atoms with Gasteiger partial charge in [-0.15, -0.1) is 0 Å². The van der Waals surface area contributed by atoms with E-state index >= 15 is 0 Å². The first-order chi connectivity index (χ1) is 33.1. The number of hydrogen-bond acceptors (Lipinski definition) is 3. The van der Waals surface area contributed by atoms with Gasteiger partial charge in [0.1, 0.15) is 0 Å². The molecule has 0 N–H and O–H groups in total. The summed E-state index contributed by atoms with van der Waals surface area (Å²) in [6.45, 7) is 0. The van der Waals surface area contributed by atoms with Crippen molar-refractivity contribution in [1.82, 2.24) is 0 Å². The van der Waals surface area contributed by atoms with Crippen LogP contribution in [0.5, 0.6) is 0 Å². The van der Waals surface area contributed by atoms with Gasteiger partial charge in [0.05, 0.1) is 34.1 Å². The van der Waals surface area contributed by atoms with E-state index < -0.39 is 10.8 Å². The van der Waals surface area contributed by atoms with Gasteiger partial charge in [-0.05, 0) is 139 Å². The minimum atomic E-state index is -0.709. The highest BCUT2D eigenvalue weighted by atomic mass is 15.1. The maximum atomic E-state index is 9.85. The normalized spacial score (nSPS) is 13.3. The second-order valence-electron chi connectivity index (χ2n) is 17.4. The van der Waals surface area contributed by atoms with Gasteiger partial charge < -0.3 is 4.90 Å². The molecule has 0 unspecified atom stereocenters. The molecule has 0 heterocycles. The first-order valence-electron chi connectivity index (χ1n) is 22.7. The Morgan fingerprint density at radius 1 is 0.284 bits per heavy atom. The highest BCUT2D eigenvalue weighted by Crippen LogP contribution is 2.59. The number of nitriles is 2. The third kappa shape index (κ3) is 6.03. The van der Waals surface area contributed by atoms with Crippen molar-refractivity contribution in [3.63, 3.8) is 0 Å². The van der Waals surface area contributed by atoms with E-state index in [4.69, 9.17) is 0 Å². The number of rotatable bonds is 8. The average molecular weight is 852 g/mol. The number of fused-ring (bicyclic) bond motifs is 6. The molecule has 12 rings (SSSR count). The van der Waals surface area contributed by atoms with Crippen molar-refractivity contribution >= 4 is 17.1 Å². The number of hydrogen-bond donors (Lipinski definition) is 0. The molecule has 3 heteroatoms. The van der Waals surface area contributed by atoms with Crippen LogP contribution in [0.3, 0.4) is 0 Å². The summed E-state index contributed by atoms with van der Waals surface area (Å²) in [5, 5.41) is 19.7. The molecule has 2 aliphatic rings. The van der Waals surface area contributed by atoms with E-state index in [0.717, 1.165) is 56.0 Å². The van der Waals surface area contributed by atoms with Gasteiger partial charge in [0, 0.05) is 17.1 Å². The van der Waals surface area contributed by atoms with Crippen LogP contribution in [0.2, 0.25) is 0 Å². The van der Waals surface area contributed by atoms with Crippen molar-refractivity contribution in [3.05, 3.63) is 304 Å². The lowest BCUT2D eigenvalue weighted by molar-refractivity contribution is 0.767. The van der Waals surface area contributed by atoms with Crippen LogP contribution in [0, 0.1) is 22.7 Å². The lowest BCUT2D eigenvalue weighted by Crippen LogP contribution is -2.29. The molecule has 67 heavy (non-hydrogen) atoms. The van der Waals surface area contributed by atoms with E-state index in [1.54, 1.807) is 0 Å². The van der Waals surface area contributed by atoms with Crippen molar-refractivity contribution in [1.29, 1.82) is 10.5 Å². The molecule has 0 fully saturated rings. The van der Waals surface area contributed by atoms with E-state index in [1.165, 1.54) is 38.9 Å². The van der Waals surface area contributed by atoms with E-state index in [9.17, 15) is 10.5 Å². The van der Waals surface area contributed by atoms with Crippen LogP contribution in [0.1, 0.15) is 55.6 Å². The van der Waals surface area contributed by atoms with E-state index in [2.05, 4.69) is 241 Å². The van der Waals surface area contributed by atoms with Crippen LogP contribution in [-0.2, 0) is 10.8 Å². The van der Waals surface area contributed by atoms with E-state index in [0.29, 0.717) is 11.1 Å². The SMILES string of the molecule is N#Cc1ccc(C2(c3ccc(C#N)cc3)c3ccccc3-c3cc(N(c4ccc(-c5ccccc5)cc4)c4ccc5c(c4)C(c4ccccc4)(c4ccccc4)c4ccccc4-5)ccc32)cc1. The average Bonchev–Trinajstić information content (AvgIpc) is 3.87. The molecular formula is C64H41N3. The van der Waals surface area contributed by atoms with Gasteiger partial charge in [0.2, 0.25) is 0 Å². The molecule has 0 spiro atoms. The molecule has 0 aliphatic heterocycles. The molecule has 0 bridgehead atoms. The van der Waals surface area contributed by atoms with Gasteiger partial charge in [0.15, 0.2) is 0 Å². The Morgan fingerprint density at radius 2 is 0.672 bits per heavy atom. The Balaban J connectivity index is 1.11. The standard InChI is InChI=1S/C64H41N3/c65-42-44-24-30-50(31-25-44)63(51-32-26-45(43-66)27-33-51)60-23-13-11-21-56(60)58-40-53(37-39-61(58)63)67(52-34-28-47(29-35-52)46-14-4-1-5-15-46)54-36-38-57-55-20-10-12-22-59(55)64(62(57)41-54,48-16-6-2-7-17-48)49-18-8-3-9-19-49/h1-41H. The fourth-order valence-corrected chi connectivity index (χ4v) is 11.2. The summed E-state index contributed by atoms with van der Waals surface area (Å²) in [7, 11) is 0. The molecule has 0 atom stereocenters. The summed E-state index contributed by atoms with van der Waals surface area (Å²) in [5.41, 5.74) is 19.5. The van der Waals surface area contributed by atoms with Crippen molar-refractivity contribution in [2.75, 3.05) is 4.90 Å². The maximum absolute atomic E-state index is 9.85. The molecule has 10 aromatic carbocycles. The minimum absolute atomic E-state index is 0.564. The van der Waals surface area contributed by atoms with Crippen molar-refractivity contribution in [3.8, 4) is 45.5 Å². The lowest BCUT2D eigenvalue weighted by Gasteiger charge is -2.35. The van der Waals surface area contributed by atoms with E-state index in [-0.39, 0.29) is 0 Å². The lowest BCUT2D eigenvalue weighted by atomic mass is 9.67. The Hall–Kier alpha value is -9.02. The number of anilines is 3. The summed E-state index contributed by atoms with van der Waals surface area (Å²) in [4.78, 5) is 2.41. The predicted molar refractivity (Wildman–Crippen MR) is 271 cm³/mol. The Bertz CT molecular complexity index is 3470. The largest absolute Gasteiger partial charge is 0.310 e. The molecule has 0 amide bonds. The second-order valence-corrected chi connectivity index (χ2v) is 17.4. The summed E-state index contributed by atoms with van der Waals surface area (Å²) in [5.74, 6) is 0. The van der Waals surface area contributed by atoms with Crippen LogP contribution < -0.4 is 4.90 Å². The summed E-state index contributed by atoms with van der Waals surface area (Å²) in [6, 6.07) is 93.6. The van der Waals surface area contributed by atoms with Crippen LogP contribution in [0.4, 0.5) is 17.1 Å². The van der Waals surface area contributed by atoms with E-state index in [1.807, 2.05) is 24.3 Å². The van der Waals surface area contributed by atoms with Gasteiger partial charge in [-0.3, -0.25) is 0 Å². The summed E-state index contributed by atoms with van der Waals surface area (Å²) >= 11 is 0. The summed E-state index contributed by atoms with van der Waals surface area (Å²) in [6.07, 6.45) is 0. The fraction of sp³-hybridized carbons (Fsp3) is 0.0312. The van der Waals surface area contributed by atoms with Crippen LogP contribution >= 0.6 is 0 Å². The third-order valence-corrected chi connectivity index (χ3v) is 14.1. The molecule has 0 aromatic heterocycles. The molecule has 2 aliphatic carbocycles. The summed E-state index contributed by atoms with van der Waals surface area (Å²) < 4.78 is 0. The molecular weight excluding hydrogens is 811 g/mol. The quantitative estimate of drug-likeness (QED) is 0.153. The highest BCUT2D eigenvalue weighted by molar-refractivity contribution is 5.93. The smallest absolute Gasteiger partial charge is 0.0991 e. The zero-order valence-corrected chi connectivity index (χ0v) is 36.5. The fourth-order valence-electron chi connectivity index (χ4n) is 11.2. The first-order valence-corrected chi connectivity index (χ1v) is 22.7. The topological polar surface area (TPSA) is 50.8 Å². The predicted octanol–water partition coefficient (Wildman–Crippen LogP) is 15.3. The van der Waals surface area contributed by atoms with Gasteiger partial charge in [-0.2, -0.15) is 10.5 Å². The first kappa shape index (κ1) is 39.6. The molecule has 10 aromatic rings. The number of nitrogens with zero attached hydrogens (tertiary/aromatic N) is 3. The maximum Gasteiger partial charge on any atom is 0.0991 e. The Kier molecular flexibility index (Phi) is 9.39.